The molecule has 2 heterocycles. The molecule has 30 heavy (non-hydrogen) atoms. The molecule has 0 bridgehead atoms. The maximum atomic E-state index is 13.1. The molecule has 0 unspecified atom stereocenters. The maximum Gasteiger partial charge on any atom is 0.254 e. The van der Waals surface area contributed by atoms with Crippen molar-refractivity contribution in [2.75, 3.05) is 31.1 Å². The minimum atomic E-state index is 0.246. The Labute approximate surface area is 184 Å². The molecule has 0 aromatic heterocycles. The molecule has 0 atom stereocenters. The van der Waals surface area contributed by atoms with Crippen molar-refractivity contribution in [3.63, 3.8) is 0 Å². The predicted octanol–water partition coefficient (Wildman–Crippen LogP) is 4.95. The number of halogens is 1. The second kappa shape index (κ2) is 8.60. The predicted molar refractivity (Wildman–Crippen MR) is 122 cm³/mol. The second-order valence-corrected chi connectivity index (χ2v) is 9.33. The van der Waals surface area contributed by atoms with Gasteiger partial charge in [0.2, 0.25) is 0 Å². The molecule has 0 N–H and O–H groups in total. The van der Waals surface area contributed by atoms with Crippen LogP contribution in [0, 0.1) is 0 Å². The van der Waals surface area contributed by atoms with Gasteiger partial charge in [-0.15, -0.1) is 0 Å². The third-order valence-corrected chi connectivity index (χ3v) is 7.40. The van der Waals surface area contributed by atoms with E-state index in [9.17, 15) is 4.79 Å². The van der Waals surface area contributed by atoms with Crippen molar-refractivity contribution < 1.29 is 4.79 Å². The number of hydrogen-bond donors (Lipinski definition) is 0. The van der Waals surface area contributed by atoms with Gasteiger partial charge >= 0.3 is 0 Å². The molecular weight excluding hydrogens is 394 g/mol. The normalized spacial score (nSPS) is 20.6. The average Bonchev–Trinajstić information content (AvgIpc) is 3.12. The number of anilines is 1. The summed E-state index contributed by atoms with van der Waals surface area (Å²) in [6.07, 6.45) is 6.17. The molecule has 1 saturated carbocycles. The van der Waals surface area contributed by atoms with Crippen LogP contribution in [0.4, 0.5) is 5.69 Å². The summed E-state index contributed by atoms with van der Waals surface area (Å²) in [6.45, 7) is 5.65. The van der Waals surface area contributed by atoms with Crippen LogP contribution in [0.5, 0.6) is 0 Å². The van der Waals surface area contributed by atoms with Crippen LogP contribution in [-0.4, -0.2) is 47.9 Å². The van der Waals surface area contributed by atoms with Crippen molar-refractivity contribution in [2.45, 2.75) is 51.2 Å². The van der Waals surface area contributed by atoms with E-state index in [1.165, 1.54) is 48.9 Å². The zero-order valence-electron chi connectivity index (χ0n) is 17.5. The number of carbonyl (C=O) groups excluding carboxylic acids is 1. The number of benzene rings is 2. The van der Waals surface area contributed by atoms with Gasteiger partial charge in [-0.05, 0) is 42.2 Å². The Morgan fingerprint density at radius 1 is 0.933 bits per heavy atom. The van der Waals surface area contributed by atoms with E-state index < -0.39 is 0 Å². The standard InChI is InChI=1S/C25H30ClN3O/c26-24-9-5-4-6-20(24)17-27-12-14-28(15-13-27)22-11-10-19-18-29(25(30)23(19)16-22)21-7-2-1-3-8-21/h4-6,9-11,16,21H,1-3,7-8,12-15,17-18H2. The molecule has 2 aromatic rings. The number of piperazine rings is 1. The van der Waals surface area contributed by atoms with E-state index >= 15 is 0 Å². The van der Waals surface area contributed by atoms with Crippen LogP contribution in [-0.2, 0) is 13.1 Å². The zero-order chi connectivity index (χ0) is 20.5. The average molecular weight is 424 g/mol. The van der Waals surface area contributed by atoms with Crippen molar-refractivity contribution >= 4 is 23.2 Å². The summed E-state index contributed by atoms with van der Waals surface area (Å²) in [5.74, 6) is 0.246. The molecule has 158 valence electrons. The Kier molecular flexibility index (Phi) is 5.70. The van der Waals surface area contributed by atoms with E-state index in [0.29, 0.717) is 6.04 Å². The van der Waals surface area contributed by atoms with Crippen molar-refractivity contribution in [1.29, 1.82) is 0 Å². The smallest absolute Gasteiger partial charge is 0.254 e. The topological polar surface area (TPSA) is 26.8 Å². The summed E-state index contributed by atoms with van der Waals surface area (Å²) in [5, 5.41) is 0.847. The Hall–Kier alpha value is -2.04. The number of rotatable bonds is 4. The van der Waals surface area contributed by atoms with Crippen molar-refractivity contribution in [1.82, 2.24) is 9.80 Å². The first-order chi connectivity index (χ1) is 14.7. The minimum absolute atomic E-state index is 0.246. The Morgan fingerprint density at radius 3 is 2.47 bits per heavy atom. The van der Waals surface area contributed by atoms with Crippen LogP contribution in [0.2, 0.25) is 5.02 Å². The molecule has 4 nitrogen and oxygen atoms in total. The minimum Gasteiger partial charge on any atom is -0.369 e. The SMILES string of the molecule is O=C1c2cc(N3CCN(Cc4ccccc4Cl)CC3)ccc2CN1C1CCCCC1. The lowest BCUT2D eigenvalue weighted by molar-refractivity contribution is 0.0660. The molecule has 1 aliphatic carbocycles. The fraction of sp³-hybridized carbons (Fsp3) is 0.480. The number of fused-ring (bicyclic) bond motifs is 1. The maximum absolute atomic E-state index is 13.1. The lowest BCUT2D eigenvalue weighted by atomic mass is 9.94. The van der Waals surface area contributed by atoms with E-state index in [0.717, 1.165) is 49.9 Å². The first-order valence-corrected chi connectivity index (χ1v) is 11.7. The lowest BCUT2D eigenvalue weighted by Gasteiger charge is -2.36. The van der Waals surface area contributed by atoms with Crippen LogP contribution in [0.25, 0.3) is 0 Å². The highest BCUT2D eigenvalue weighted by Gasteiger charge is 2.33. The van der Waals surface area contributed by atoms with Gasteiger partial charge < -0.3 is 9.80 Å². The van der Waals surface area contributed by atoms with Gasteiger partial charge in [0.1, 0.15) is 0 Å². The fourth-order valence-electron chi connectivity index (χ4n) is 5.23. The third kappa shape index (κ3) is 3.95. The highest BCUT2D eigenvalue weighted by Crippen LogP contribution is 2.33. The van der Waals surface area contributed by atoms with Gasteiger partial charge in [-0.25, -0.2) is 0 Å². The molecule has 3 aliphatic rings. The monoisotopic (exact) mass is 423 g/mol. The first-order valence-electron chi connectivity index (χ1n) is 11.3. The van der Waals surface area contributed by atoms with Gasteiger partial charge in [0.25, 0.3) is 5.91 Å². The van der Waals surface area contributed by atoms with Gasteiger partial charge in [0.15, 0.2) is 0 Å². The second-order valence-electron chi connectivity index (χ2n) is 8.92. The van der Waals surface area contributed by atoms with Gasteiger partial charge in [0, 0.05) is 61.6 Å². The zero-order valence-corrected chi connectivity index (χ0v) is 18.3. The van der Waals surface area contributed by atoms with E-state index in [4.69, 9.17) is 11.6 Å². The van der Waals surface area contributed by atoms with Crippen LogP contribution in [0.1, 0.15) is 53.6 Å². The molecule has 5 rings (SSSR count). The van der Waals surface area contributed by atoms with Crippen molar-refractivity contribution in [2.24, 2.45) is 0 Å². The molecule has 0 radical (unpaired) electrons. The summed E-state index contributed by atoms with van der Waals surface area (Å²) in [5.41, 5.74) is 4.51. The summed E-state index contributed by atoms with van der Waals surface area (Å²) in [6, 6.07) is 15.1. The highest BCUT2D eigenvalue weighted by atomic mass is 35.5. The van der Waals surface area contributed by atoms with Gasteiger partial charge in [-0.1, -0.05) is 55.1 Å². The van der Waals surface area contributed by atoms with E-state index in [-0.39, 0.29) is 5.91 Å². The van der Waals surface area contributed by atoms with E-state index in [1.54, 1.807) is 0 Å². The molecule has 1 amide bonds. The quantitative estimate of drug-likeness (QED) is 0.696. The van der Waals surface area contributed by atoms with Crippen LogP contribution >= 0.6 is 11.6 Å². The number of hydrogen-bond acceptors (Lipinski definition) is 3. The van der Waals surface area contributed by atoms with Crippen molar-refractivity contribution in [3.05, 3.63) is 64.2 Å². The summed E-state index contributed by atoms with van der Waals surface area (Å²) >= 11 is 6.33. The number of carbonyl (C=O) groups is 1. The Balaban J connectivity index is 1.23. The molecule has 5 heteroatoms. The van der Waals surface area contributed by atoms with Crippen LogP contribution in [0.3, 0.4) is 0 Å². The highest BCUT2D eigenvalue weighted by molar-refractivity contribution is 6.31. The van der Waals surface area contributed by atoms with Gasteiger partial charge in [-0.2, -0.15) is 0 Å². The third-order valence-electron chi connectivity index (χ3n) is 7.03. The first kappa shape index (κ1) is 19.9. The number of nitrogens with zero attached hydrogens (tertiary/aromatic N) is 3. The number of amides is 1. The van der Waals surface area contributed by atoms with Gasteiger partial charge in [0.05, 0.1) is 0 Å². The Morgan fingerprint density at radius 2 is 1.70 bits per heavy atom. The van der Waals surface area contributed by atoms with Crippen LogP contribution < -0.4 is 4.90 Å². The van der Waals surface area contributed by atoms with Gasteiger partial charge in [-0.3, -0.25) is 9.69 Å². The van der Waals surface area contributed by atoms with Crippen LogP contribution in [0.15, 0.2) is 42.5 Å². The molecule has 2 fully saturated rings. The molecule has 0 spiro atoms. The van der Waals surface area contributed by atoms with Crippen molar-refractivity contribution in [3.8, 4) is 0 Å². The lowest BCUT2D eigenvalue weighted by Crippen LogP contribution is -2.46. The fourth-order valence-corrected chi connectivity index (χ4v) is 5.42. The van der Waals surface area contributed by atoms with E-state index in [2.05, 4.69) is 45.0 Å². The molecule has 2 aromatic carbocycles. The molecule has 2 aliphatic heterocycles. The largest absolute Gasteiger partial charge is 0.369 e. The summed E-state index contributed by atoms with van der Waals surface area (Å²) < 4.78 is 0. The molecular formula is C25H30ClN3O. The summed E-state index contributed by atoms with van der Waals surface area (Å²) in [4.78, 5) is 20.1. The Bertz CT molecular complexity index is 916. The summed E-state index contributed by atoms with van der Waals surface area (Å²) in [7, 11) is 0. The molecule has 1 saturated heterocycles. The van der Waals surface area contributed by atoms with E-state index in [1.807, 2.05) is 12.1 Å².